The molecule has 2 saturated carbocycles. The highest BCUT2D eigenvalue weighted by Gasteiger charge is 2.42. The Kier molecular flexibility index (Phi) is 5.61. The van der Waals surface area contributed by atoms with Crippen LogP contribution in [0.2, 0.25) is 0 Å². The second-order valence-electron chi connectivity index (χ2n) is 7.38. The van der Waals surface area contributed by atoms with Gasteiger partial charge in [0.15, 0.2) is 6.61 Å². The number of ether oxygens (including phenoxy) is 2. The second kappa shape index (κ2) is 7.89. The van der Waals surface area contributed by atoms with Gasteiger partial charge in [-0.3, -0.25) is 9.59 Å². The number of hydrogen-bond acceptors (Lipinski definition) is 4. The van der Waals surface area contributed by atoms with Crippen LogP contribution in [0.15, 0.2) is 24.3 Å². The Morgan fingerprint density at radius 2 is 1.96 bits per heavy atom. The quantitative estimate of drug-likeness (QED) is 0.772. The Morgan fingerprint density at radius 3 is 2.56 bits per heavy atom. The van der Waals surface area contributed by atoms with Crippen molar-refractivity contribution in [3.63, 3.8) is 0 Å². The van der Waals surface area contributed by atoms with Crippen LogP contribution in [-0.4, -0.2) is 31.6 Å². The molecule has 1 N–H and O–H groups in total. The van der Waals surface area contributed by atoms with Crippen molar-refractivity contribution in [1.82, 2.24) is 5.32 Å². The van der Waals surface area contributed by atoms with E-state index < -0.39 is 0 Å². The molecule has 2 aliphatic rings. The molecule has 2 fully saturated rings. The molecule has 5 nitrogen and oxygen atoms in total. The fourth-order valence-corrected chi connectivity index (χ4v) is 4.40. The van der Waals surface area contributed by atoms with Crippen molar-refractivity contribution in [3.8, 4) is 5.75 Å². The lowest BCUT2D eigenvalue weighted by Crippen LogP contribution is -2.42. The maximum Gasteiger partial charge on any atom is 0.309 e. The number of rotatable bonds is 7. The molecule has 5 heteroatoms. The van der Waals surface area contributed by atoms with Crippen LogP contribution < -0.4 is 10.1 Å². The Labute approximate surface area is 149 Å². The van der Waals surface area contributed by atoms with Gasteiger partial charge in [-0.05, 0) is 61.6 Å². The first-order valence-electron chi connectivity index (χ1n) is 9.13. The number of nitrogens with one attached hydrogen (secondary N) is 1. The predicted molar refractivity (Wildman–Crippen MR) is 94.2 cm³/mol. The van der Waals surface area contributed by atoms with Crippen LogP contribution in [-0.2, 0) is 20.7 Å². The zero-order chi connectivity index (χ0) is 17.8. The van der Waals surface area contributed by atoms with E-state index in [0.29, 0.717) is 11.7 Å². The van der Waals surface area contributed by atoms with Crippen LogP contribution in [0.25, 0.3) is 0 Å². The fraction of sp³-hybridized carbons (Fsp3) is 0.600. The number of hydrogen-bond donors (Lipinski definition) is 1. The first kappa shape index (κ1) is 17.8. The lowest BCUT2D eigenvalue weighted by molar-refractivity contribution is -0.139. The van der Waals surface area contributed by atoms with Crippen LogP contribution in [0.5, 0.6) is 5.75 Å². The molecule has 4 unspecified atom stereocenters. The first-order chi connectivity index (χ1) is 12.0. The summed E-state index contributed by atoms with van der Waals surface area (Å²) in [6, 6.07) is 7.37. The monoisotopic (exact) mass is 345 g/mol. The molecule has 0 radical (unpaired) electrons. The number of amides is 1. The zero-order valence-corrected chi connectivity index (χ0v) is 15.0. The highest BCUT2D eigenvalue weighted by Crippen LogP contribution is 2.49. The van der Waals surface area contributed by atoms with Gasteiger partial charge in [0, 0.05) is 6.04 Å². The number of carbonyl (C=O) groups is 2. The van der Waals surface area contributed by atoms with E-state index in [0.717, 1.165) is 17.4 Å². The summed E-state index contributed by atoms with van der Waals surface area (Å²) in [6.07, 6.45) is 5.53. The zero-order valence-electron chi connectivity index (χ0n) is 15.0. The van der Waals surface area contributed by atoms with Crippen molar-refractivity contribution in [2.45, 2.75) is 45.1 Å². The van der Waals surface area contributed by atoms with Gasteiger partial charge in [-0.2, -0.15) is 0 Å². The van der Waals surface area contributed by atoms with E-state index >= 15 is 0 Å². The Hall–Kier alpha value is -2.04. The average molecular weight is 345 g/mol. The van der Waals surface area contributed by atoms with Crippen molar-refractivity contribution in [3.05, 3.63) is 29.8 Å². The SMILES string of the molecule is COC(=O)Cc1ccc(OCC(=O)NC(C)C2CC3CCC2C3)cc1. The topological polar surface area (TPSA) is 64.6 Å². The third-order valence-electron chi connectivity index (χ3n) is 5.69. The molecule has 0 aromatic heterocycles. The molecule has 136 valence electrons. The van der Waals surface area contributed by atoms with Gasteiger partial charge >= 0.3 is 5.97 Å². The van der Waals surface area contributed by atoms with Crippen molar-refractivity contribution >= 4 is 11.9 Å². The van der Waals surface area contributed by atoms with Crippen LogP contribution >= 0.6 is 0 Å². The molecular formula is C20H27NO4. The minimum absolute atomic E-state index is 0.0154. The molecular weight excluding hydrogens is 318 g/mol. The van der Waals surface area contributed by atoms with Crippen molar-refractivity contribution in [2.24, 2.45) is 17.8 Å². The Bertz CT molecular complexity index is 613. The molecule has 2 aliphatic carbocycles. The lowest BCUT2D eigenvalue weighted by atomic mass is 9.84. The molecule has 2 bridgehead atoms. The van der Waals surface area contributed by atoms with Crippen molar-refractivity contribution < 1.29 is 19.1 Å². The summed E-state index contributed by atoms with van der Waals surface area (Å²) in [4.78, 5) is 23.4. The molecule has 0 aliphatic heterocycles. The van der Waals surface area contributed by atoms with E-state index in [-0.39, 0.29) is 30.9 Å². The highest BCUT2D eigenvalue weighted by atomic mass is 16.5. The highest BCUT2D eigenvalue weighted by molar-refractivity contribution is 5.77. The van der Waals surface area contributed by atoms with Gasteiger partial charge in [0.1, 0.15) is 5.75 Å². The lowest BCUT2D eigenvalue weighted by Gasteiger charge is -2.28. The van der Waals surface area contributed by atoms with Crippen LogP contribution in [0.4, 0.5) is 0 Å². The molecule has 1 aromatic carbocycles. The van der Waals surface area contributed by atoms with Crippen LogP contribution in [0.1, 0.15) is 38.2 Å². The molecule has 0 spiro atoms. The minimum atomic E-state index is -0.275. The summed E-state index contributed by atoms with van der Waals surface area (Å²) in [5.74, 6) is 2.57. The number of esters is 1. The number of fused-ring (bicyclic) bond motifs is 2. The minimum Gasteiger partial charge on any atom is -0.484 e. The summed E-state index contributed by atoms with van der Waals surface area (Å²) in [6.45, 7) is 2.13. The van der Waals surface area contributed by atoms with Crippen LogP contribution in [0, 0.1) is 17.8 Å². The van der Waals surface area contributed by atoms with E-state index in [9.17, 15) is 9.59 Å². The fourth-order valence-electron chi connectivity index (χ4n) is 4.40. The van der Waals surface area contributed by atoms with E-state index in [2.05, 4.69) is 17.0 Å². The summed E-state index contributed by atoms with van der Waals surface area (Å²) in [7, 11) is 1.37. The molecule has 4 atom stereocenters. The molecule has 25 heavy (non-hydrogen) atoms. The van der Waals surface area contributed by atoms with E-state index in [1.54, 1.807) is 12.1 Å². The van der Waals surface area contributed by atoms with Crippen molar-refractivity contribution in [1.29, 1.82) is 0 Å². The largest absolute Gasteiger partial charge is 0.484 e. The smallest absolute Gasteiger partial charge is 0.309 e. The van der Waals surface area contributed by atoms with E-state index in [1.807, 2.05) is 12.1 Å². The van der Waals surface area contributed by atoms with Gasteiger partial charge in [0.2, 0.25) is 0 Å². The standard InChI is InChI=1S/C20H27NO4/c1-13(18-10-15-3-6-16(18)9-15)21-19(22)12-25-17-7-4-14(5-8-17)11-20(23)24-2/h4-5,7-8,13,15-16,18H,3,6,9-12H2,1-2H3,(H,21,22). The third kappa shape index (κ3) is 4.53. The van der Waals surface area contributed by atoms with Gasteiger partial charge in [0.05, 0.1) is 13.5 Å². The van der Waals surface area contributed by atoms with Gasteiger partial charge < -0.3 is 14.8 Å². The number of carbonyl (C=O) groups excluding carboxylic acids is 2. The van der Waals surface area contributed by atoms with Gasteiger partial charge in [-0.15, -0.1) is 0 Å². The maximum atomic E-state index is 12.1. The van der Waals surface area contributed by atoms with Crippen LogP contribution in [0.3, 0.4) is 0 Å². The third-order valence-corrected chi connectivity index (χ3v) is 5.69. The molecule has 0 heterocycles. The van der Waals surface area contributed by atoms with E-state index in [1.165, 1.54) is 32.8 Å². The van der Waals surface area contributed by atoms with Crippen molar-refractivity contribution in [2.75, 3.05) is 13.7 Å². The summed E-state index contributed by atoms with van der Waals surface area (Å²) >= 11 is 0. The van der Waals surface area contributed by atoms with Gasteiger partial charge in [-0.25, -0.2) is 0 Å². The summed E-state index contributed by atoms with van der Waals surface area (Å²) < 4.78 is 10.2. The number of benzene rings is 1. The maximum absolute atomic E-state index is 12.1. The van der Waals surface area contributed by atoms with Gasteiger partial charge in [-0.1, -0.05) is 18.6 Å². The molecule has 1 aromatic rings. The average Bonchev–Trinajstić information content (AvgIpc) is 3.24. The Morgan fingerprint density at radius 1 is 1.20 bits per heavy atom. The Balaban J connectivity index is 1.42. The first-order valence-corrected chi connectivity index (χ1v) is 9.13. The normalized spacial score (nSPS) is 25.4. The molecule has 1 amide bonds. The van der Waals surface area contributed by atoms with Gasteiger partial charge in [0.25, 0.3) is 5.91 Å². The van der Waals surface area contributed by atoms with E-state index in [4.69, 9.17) is 4.74 Å². The predicted octanol–water partition coefficient (Wildman–Crippen LogP) is 2.72. The summed E-state index contributed by atoms with van der Waals surface area (Å²) in [5.41, 5.74) is 0.855. The molecule has 0 saturated heterocycles. The second-order valence-corrected chi connectivity index (χ2v) is 7.38. The number of methoxy groups -OCH3 is 1. The summed E-state index contributed by atoms with van der Waals surface area (Å²) in [5, 5.41) is 3.10. The molecule has 3 rings (SSSR count).